The van der Waals surface area contributed by atoms with Crippen LogP contribution in [0.15, 0.2) is 158 Å². The molecule has 0 unspecified atom stereocenters. The minimum Gasteiger partial charge on any atom is -0.264 e. The predicted octanol–water partition coefficient (Wildman–Crippen LogP) is 9.85. The Morgan fingerprint density at radius 1 is 0.375 bits per heavy atom. The van der Waals surface area contributed by atoms with Gasteiger partial charge in [0.25, 0.3) is 0 Å². The molecular formula is C42H26N6. The summed E-state index contributed by atoms with van der Waals surface area (Å²) < 4.78 is 0. The quantitative estimate of drug-likeness (QED) is 0.180. The number of hydrogen-bond acceptors (Lipinski definition) is 6. The SMILES string of the molecule is c1ccc(-c2nc(-c3ccccc3)nc(-c3cc(-c4ccc5ccccc5c4)cc(-c4nc5cccnc5c5cnccc45)c3)n2)cc1. The Hall–Kier alpha value is -6.66. The molecule has 0 bridgehead atoms. The fourth-order valence-corrected chi connectivity index (χ4v) is 6.25. The van der Waals surface area contributed by atoms with Crippen LogP contribution in [-0.4, -0.2) is 29.9 Å². The number of fused-ring (bicyclic) bond motifs is 4. The minimum atomic E-state index is 0.583. The average molecular weight is 615 g/mol. The van der Waals surface area contributed by atoms with E-state index >= 15 is 0 Å². The maximum atomic E-state index is 5.18. The van der Waals surface area contributed by atoms with Gasteiger partial charge in [0.1, 0.15) is 0 Å². The van der Waals surface area contributed by atoms with Gasteiger partial charge in [0.05, 0.1) is 16.7 Å². The number of pyridine rings is 3. The second-order valence-electron chi connectivity index (χ2n) is 11.7. The number of aromatic nitrogens is 6. The Labute approximate surface area is 276 Å². The van der Waals surface area contributed by atoms with E-state index in [0.29, 0.717) is 17.5 Å². The number of benzene rings is 5. The Bertz CT molecular complexity index is 2560. The molecule has 6 heteroatoms. The van der Waals surface area contributed by atoms with Crippen LogP contribution in [0.3, 0.4) is 0 Å². The highest BCUT2D eigenvalue weighted by atomic mass is 15.0. The van der Waals surface area contributed by atoms with Crippen molar-refractivity contribution in [3.8, 4) is 56.5 Å². The number of hydrogen-bond donors (Lipinski definition) is 0. The van der Waals surface area contributed by atoms with Gasteiger partial charge in [0.15, 0.2) is 17.5 Å². The van der Waals surface area contributed by atoms with Gasteiger partial charge in [-0.2, -0.15) is 0 Å². The van der Waals surface area contributed by atoms with Gasteiger partial charge in [-0.15, -0.1) is 0 Å². The molecule has 4 aromatic heterocycles. The van der Waals surface area contributed by atoms with Gasteiger partial charge in [0.2, 0.25) is 0 Å². The lowest BCUT2D eigenvalue weighted by Gasteiger charge is -2.14. The zero-order valence-corrected chi connectivity index (χ0v) is 25.7. The topological polar surface area (TPSA) is 77.3 Å². The van der Waals surface area contributed by atoms with Crippen LogP contribution < -0.4 is 0 Å². The zero-order valence-electron chi connectivity index (χ0n) is 25.7. The van der Waals surface area contributed by atoms with Gasteiger partial charge >= 0.3 is 0 Å². The van der Waals surface area contributed by atoms with E-state index in [1.54, 1.807) is 12.4 Å². The molecule has 0 aliphatic heterocycles. The number of nitrogens with zero attached hydrogens (tertiary/aromatic N) is 6. The molecule has 6 nitrogen and oxygen atoms in total. The monoisotopic (exact) mass is 614 g/mol. The lowest BCUT2D eigenvalue weighted by Crippen LogP contribution is -2.01. The lowest BCUT2D eigenvalue weighted by molar-refractivity contribution is 1.07. The van der Waals surface area contributed by atoms with Crippen LogP contribution in [-0.2, 0) is 0 Å². The molecule has 9 aromatic rings. The van der Waals surface area contributed by atoms with Crippen molar-refractivity contribution in [3.05, 3.63) is 158 Å². The average Bonchev–Trinajstić information content (AvgIpc) is 3.17. The highest BCUT2D eigenvalue weighted by molar-refractivity contribution is 6.09. The summed E-state index contributed by atoms with van der Waals surface area (Å²) in [4.78, 5) is 29.3. The molecule has 5 aromatic carbocycles. The van der Waals surface area contributed by atoms with Crippen LogP contribution in [0.5, 0.6) is 0 Å². The first kappa shape index (κ1) is 27.6. The Balaban J connectivity index is 1.33. The maximum absolute atomic E-state index is 5.18. The molecule has 0 N–H and O–H groups in total. The molecule has 0 spiro atoms. The molecular weight excluding hydrogens is 589 g/mol. The standard InChI is InChI=1S/C42H26N6/c1-3-11-28(12-4-1)40-46-41(29-13-5-2-6-14-29)48-42(47-40)34-24-32(31-18-17-27-10-7-8-15-30(27)22-31)23-33(25-34)38-35-19-21-43-26-36(35)39-37(45-38)16-9-20-44-39/h1-26H. The van der Waals surface area contributed by atoms with Gasteiger partial charge in [-0.3, -0.25) is 9.97 Å². The first-order chi connectivity index (χ1) is 23.8. The van der Waals surface area contributed by atoms with Crippen LogP contribution in [0.25, 0.3) is 89.1 Å². The summed E-state index contributed by atoms with van der Waals surface area (Å²) in [5, 5.41) is 4.29. The summed E-state index contributed by atoms with van der Waals surface area (Å²) in [7, 11) is 0. The third kappa shape index (κ3) is 5.02. The molecule has 0 saturated heterocycles. The highest BCUT2D eigenvalue weighted by Gasteiger charge is 2.17. The van der Waals surface area contributed by atoms with Crippen LogP contribution in [0, 0.1) is 0 Å². The molecule has 224 valence electrons. The summed E-state index contributed by atoms with van der Waals surface area (Å²) >= 11 is 0. The fourth-order valence-electron chi connectivity index (χ4n) is 6.25. The summed E-state index contributed by atoms with van der Waals surface area (Å²) in [5.74, 6) is 1.81. The van der Waals surface area contributed by atoms with Crippen molar-refractivity contribution in [1.82, 2.24) is 29.9 Å². The van der Waals surface area contributed by atoms with Gasteiger partial charge in [-0.25, -0.2) is 19.9 Å². The van der Waals surface area contributed by atoms with Crippen LogP contribution in [0.1, 0.15) is 0 Å². The predicted molar refractivity (Wildman–Crippen MR) is 193 cm³/mol. The number of rotatable bonds is 5. The van der Waals surface area contributed by atoms with E-state index in [4.69, 9.17) is 19.9 Å². The normalized spacial score (nSPS) is 11.3. The van der Waals surface area contributed by atoms with E-state index in [1.165, 1.54) is 10.8 Å². The summed E-state index contributed by atoms with van der Waals surface area (Å²) in [6.07, 6.45) is 5.47. The van der Waals surface area contributed by atoms with Crippen LogP contribution in [0.2, 0.25) is 0 Å². The largest absolute Gasteiger partial charge is 0.264 e. The van der Waals surface area contributed by atoms with Gasteiger partial charge in [0, 0.05) is 51.6 Å². The zero-order chi connectivity index (χ0) is 31.9. The molecule has 0 fully saturated rings. The molecule has 0 radical (unpaired) electrons. The maximum Gasteiger partial charge on any atom is 0.164 e. The van der Waals surface area contributed by atoms with E-state index in [0.717, 1.165) is 60.9 Å². The van der Waals surface area contributed by atoms with Crippen molar-refractivity contribution in [2.75, 3.05) is 0 Å². The van der Waals surface area contributed by atoms with E-state index in [-0.39, 0.29) is 0 Å². The van der Waals surface area contributed by atoms with Crippen molar-refractivity contribution in [2.45, 2.75) is 0 Å². The molecule has 48 heavy (non-hydrogen) atoms. The van der Waals surface area contributed by atoms with Crippen molar-refractivity contribution < 1.29 is 0 Å². The van der Waals surface area contributed by atoms with Gasteiger partial charge < -0.3 is 0 Å². The van der Waals surface area contributed by atoms with Gasteiger partial charge in [-0.05, 0) is 64.4 Å². The van der Waals surface area contributed by atoms with E-state index in [1.807, 2.05) is 85.1 Å². The minimum absolute atomic E-state index is 0.583. The Morgan fingerprint density at radius 2 is 1.02 bits per heavy atom. The molecule has 0 aliphatic carbocycles. The third-order valence-electron chi connectivity index (χ3n) is 8.60. The first-order valence-electron chi connectivity index (χ1n) is 15.8. The molecule has 0 saturated carbocycles. The highest BCUT2D eigenvalue weighted by Crippen LogP contribution is 2.37. The van der Waals surface area contributed by atoms with E-state index in [9.17, 15) is 0 Å². The third-order valence-corrected chi connectivity index (χ3v) is 8.60. The van der Waals surface area contributed by atoms with E-state index < -0.39 is 0 Å². The summed E-state index contributed by atoms with van der Waals surface area (Å²) in [6.45, 7) is 0. The van der Waals surface area contributed by atoms with E-state index in [2.05, 4.69) is 70.6 Å². The Morgan fingerprint density at radius 3 is 1.77 bits per heavy atom. The smallest absolute Gasteiger partial charge is 0.164 e. The van der Waals surface area contributed by atoms with Crippen molar-refractivity contribution >= 4 is 32.6 Å². The molecule has 9 rings (SSSR count). The second kappa shape index (κ2) is 11.6. The first-order valence-corrected chi connectivity index (χ1v) is 15.8. The van der Waals surface area contributed by atoms with Crippen LogP contribution in [0.4, 0.5) is 0 Å². The van der Waals surface area contributed by atoms with Crippen LogP contribution >= 0.6 is 0 Å². The summed E-state index contributed by atoms with van der Waals surface area (Å²) in [6, 6.07) is 47.5. The molecule has 0 aliphatic rings. The second-order valence-corrected chi connectivity index (χ2v) is 11.7. The van der Waals surface area contributed by atoms with Crippen molar-refractivity contribution in [2.24, 2.45) is 0 Å². The summed E-state index contributed by atoms with van der Waals surface area (Å²) in [5.41, 5.74) is 8.26. The molecule has 4 heterocycles. The van der Waals surface area contributed by atoms with Crippen molar-refractivity contribution in [3.63, 3.8) is 0 Å². The van der Waals surface area contributed by atoms with Gasteiger partial charge in [-0.1, -0.05) is 97.1 Å². The molecule has 0 atom stereocenters. The fraction of sp³-hybridized carbons (Fsp3) is 0. The molecule has 0 amide bonds. The Kier molecular flexibility index (Phi) is 6.68. The van der Waals surface area contributed by atoms with Crippen molar-refractivity contribution in [1.29, 1.82) is 0 Å². The lowest BCUT2D eigenvalue weighted by atomic mass is 9.94.